The Morgan fingerprint density at radius 2 is 0.891 bits per heavy atom. The summed E-state index contributed by atoms with van der Waals surface area (Å²) in [6, 6.07) is 54.5. The van der Waals surface area contributed by atoms with Crippen LogP contribution in [-0.2, 0) is 0 Å². The van der Waals surface area contributed by atoms with E-state index in [9.17, 15) is 5.26 Å². The van der Waals surface area contributed by atoms with Gasteiger partial charge < -0.3 is 8.83 Å². The molecule has 3 heteroatoms. The highest BCUT2D eigenvalue weighted by atomic mass is 16.3. The Balaban J connectivity index is 1.25. The standard InChI is InChI=1S/C43H25NO2/c44-26-34-20-28(27-8-2-1-3-9-27)14-17-35(34)33-22-31(29-16-19-42-39(24-29)37-11-5-7-13-41(37)45-42)21-32(23-33)30-15-18-38-36-10-4-6-12-40(36)46-43(38)25-30/h1-25H. The fourth-order valence-electron chi connectivity index (χ4n) is 6.63. The molecular formula is C43H25NO2. The number of para-hydroxylation sites is 2. The largest absolute Gasteiger partial charge is 0.456 e. The van der Waals surface area contributed by atoms with Gasteiger partial charge in [0.05, 0.1) is 11.6 Å². The molecule has 9 rings (SSSR count). The lowest BCUT2D eigenvalue weighted by molar-refractivity contribution is 0.668. The Morgan fingerprint density at radius 3 is 1.65 bits per heavy atom. The van der Waals surface area contributed by atoms with Crippen molar-refractivity contribution >= 4 is 43.9 Å². The van der Waals surface area contributed by atoms with Crippen molar-refractivity contribution in [2.75, 3.05) is 0 Å². The first-order chi connectivity index (χ1) is 22.7. The van der Waals surface area contributed by atoms with Crippen LogP contribution in [0.1, 0.15) is 5.56 Å². The van der Waals surface area contributed by atoms with Crippen molar-refractivity contribution in [3.8, 4) is 50.6 Å². The van der Waals surface area contributed by atoms with Crippen LogP contribution in [0.2, 0.25) is 0 Å². The van der Waals surface area contributed by atoms with Gasteiger partial charge in [0.1, 0.15) is 22.3 Å². The van der Waals surface area contributed by atoms with Crippen LogP contribution in [-0.4, -0.2) is 0 Å². The predicted molar refractivity (Wildman–Crippen MR) is 187 cm³/mol. The normalized spacial score (nSPS) is 11.5. The summed E-state index contributed by atoms with van der Waals surface area (Å²) in [6.07, 6.45) is 0. The van der Waals surface area contributed by atoms with Crippen molar-refractivity contribution in [3.05, 3.63) is 157 Å². The molecule has 0 amide bonds. The fraction of sp³-hybridized carbons (Fsp3) is 0. The van der Waals surface area contributed by atoms with Crippen LogP contribution in [0.5, 0.6) is 0 Å². The fourth-order valence-corrected chi connectivity index (χ4v) is 6.63. The number of nitrogens with zero attached hydrogens (tertiary/aromatic N) is 1. The van der Waals surface area contributed by atoms with Crippen molar-refractivity contribution in [2.45, 2.75) is 0 Å². The molecule has 0 fully saturated rings. The summed E-state index contributed by atoms with van der Waals surface area (Å²) in [4.78, 5) is 0. The molecule has 9 aromatic rings. The van der Waals surface area contributed by atoms with Gasteiger partial charge >= 0.3 is 0 Å². The Hall–Kier alpha value is -6.37. The minimum atomic E-state index is 0.633. The third kappa shape index (κ3) is 4.28. The van der Waals surface area contributed by atoms with E-state index in [-0.39, 0.29) is 0 Å². The highest BCUT2D eigenvalue weighted by Crippen LogP contribution is 2.39. The van der Waals surface area contributed by atoms with Gasteiger partial charge in [-0.15, -0.1) is 0 Å². The van der Waals surface area contributed by atoms with Gasteiger partial charge in [-0.25, -0.2) is 0 Å². The van der Waals surface area contributed by atoms with Gasteiger partial charge in [-0.1, -0.05) is 91.0 Å². The van der Waals surface area contributed by atoms with Crippen LogP contribution < -0.4 is 0 Å². The van der Waals surface area contributed by atoms with Gasteiger partial charge in [0.2, 0.25) is 0 Å². The van der Waals surface area contributed by atoms with E-state index < -0.39 is 0 Å². The van der Waals surface area contributed by atoms with Crippen LogP contribution in [0.25, 0.3) is 88.4 Å². The maximum atomic E-state index is 10.3. The van der Waals surface area contributed by atoms with Crippen LogP contribution in [0.3, 0.4) is 0 Å². The quantitative estimate of drug-likeness (QED) is 0.206. The van der Waals surface area contributed by atoms with Crippen molar-refractivity contribution in [1.82, 2.24) is 0 Å². The molecule has 46 heavy (non-hydrogen) atoms. The molecule has 0 saturated heterocycles. The molecule has 0 spiro atoms. The van der Waals surface area contributed by atoms with Crippen molar-refractivity contribution in [1.29, 1.82) is 5.26 Å². The van der Waals surface area contributed by atoms with Gasteiger partial charge in [-0.05, 0) is 105 Å². The van der Waals surface area contributed by atoms with E-state index >= 15 is 0 Å². The Kier molecular flexibility index (Phi) is 5.88. The minimum absolute atomic E-state index is 0.633. The lowest BCUT2D eigenvalue weighted by atomic mass is 9.90. The molecule has 0 aliphatic carbocycles. The average molecular weight is 588 g/mol. The zero-order valence-electron chi connectivity index (χ0n) is 24.7. The molecule has 7 aromatic carbocycles. The number of fused-ring (bicyclic) bond motifs is 6. The van der Waals surface area contributed by atoms with Crippen molar-refractivity contribution in [2.24, 2.45) is 0 Å². The second-order valence-electron chi connectivity index (χ2n) is 11.7. The Bertz CT molecular complexity index is 2650. The molecule has 0 radical (unpaired) electrons. The summed E-state index contributed by atoms with van der Waals surface area (Å²) in [5, 5.41) is 14.7. The number of rotatable bonds is 4. The van der Waals surface area contributed by atoms with Crippen molar-refractivity contribution < 1.29 is 8.83 Å². The van der Waals surface area contributed by atoms with Gasteiger partial charge in [-0.3, -0.25) is 0 Å². The van der Waals surface area contributed by atoms with Gasteiger partial charge in [0.15, 0.2) is 0 Å². The summed E-state index contributed by atoms with van der Waals surface area (Å²) in [5.41, 5.74) is 12.3. The molecule has 0 N–H and O–H groups in total. The maximum Gasteiger partial charge on any atom is 0.136 e. The van der Waals surface area contributed by atoms with Crippen molar-refractivity contribution in [3.63, 3.8) is 0 Å². The van der Waals surface area contributed by atoms with Crippen LogP contribution in [0, 0.1) is 11.3 Å². The summed E-state index contributed by atoms with van der Waals surface area (Å²) >= 11 is 0. The third-order valence-corrected chi connectivity index (χ3v) is 8.91. The monoisotopic (exact) mass is 587 g/mol. The molecule has 0 saturated carbocycles. The second kappa shape index (κ2) is 10.4. The molecule has 0 aliphatic rings. The van der Waals surface area contributed by atoms with E-state index in [0.717, 1.165) is 88.4 Å². The first kappa shape index (κ1) is 26.1. The molecule has 3 nitrogen and oxygen atoms in total. The number of hydrogen-bond acceptors (Lipinski definition) is 3. The van der Waals surface area contributed by atoms with Gasteiger partial charge in [0.25, 0.3) is 0 Å². The van der Waals surface area contributed by atoms with E-state index in [4.69, 9.17) is 8.83 Å². The van der Waals surface area contributed by atoms with E-state index in [0.29, 0.717) is 5.56 Å². The van der Waals surface area contributed by atoms with Crippen LogP contribution >= 0.6 is 0 Å². The average Bonchev–Trinajstić information content (AvgIpc) is 3.69. The first-order valence-corrected chi connectivity index (χ1v) is 15.3. The molecule has 0 atom stereocenters. The zero-order valence-corrected chi connectivity index (χ0v) is 24.7. The molecular weight excluding hydrogens is 562 g/mol. The predicted octanol–water partition coefficient (Wildman–Crippen LogP) is 12.0. The molecule has 2 aromatic heterocycles. The molecule has 2 heterocycles. The summed E-state index contributed by atoms with van der Waals surface area (Å²) in [5.74, 6) is 0. The Labute approximate surface area is 265 Å². The molecule has 214 valence electrons. The highest BCUT2D eigenvalue weighted by Gasteiger charge is 2.15. The first-order valence-electron chi connectivity index (χ1n) is 15.3. The van der Waals surface area contributed by atoms with E-state index in [2.05, 4.69) is 91.0 Å². The maximum absolute atomic E-state index is 10.3. The van der Waals surface area contributed by atoms with E-state index in [1.807, 2.05) is 66.7 Å². The number of furan rings is 2. The van der Waals surface area contributed by atoms with Crippen LogP contribution in [0.4, 0.5) is 0 Å². The number of benzene rings is 7. The minimum Gasteiger partial charge on any atom is -0.456 e. The van der Waals surface area contributed by atoms with Gasteiger partial charge in [-0.2, -0.15) is 5.26 Å². The molecule has 0 unspecified atom stereocenters. The highest BCUT2D eigenvalue weighted by molar-refractivity contribution is 6.07. The number of nitriles is 1. The summed E-state index contributed by atoms with van der Waals surface area (Å²) in [6.45, 7) is 0. The zero-order chi connectivity index (χ0) is 30.6. The third-order valence-electron chi connectivity index (χ3n) is 8.91. The summed E-state index contributed by atoms with van der Waals surface area (Å²) in [7, 11) is 0. The summed E-state index contributed by atoms with van der Waals surface area (Å²) < 4.78 is 12.4. The SMILES string of the molecule is N#Cc1cc(-c2ccccc2)ccc1-c1cc(-c2ccc3c(c2)oc2ccccc23)cc(-c2ccc3oc4ccccc4c3c2)c1. The topological polar surface area (TPSA) is 50.1 Å². The second-order valence-corrected chi connectivity index (χ2v) is 11.7. The van der Waals surface area contributed by atoms with Crippen LogP contribution in [0.15, 0.2) is 160 Å². The molecule has 0 bridgehead atoms. The lowest BCUT2D eigenvalue weighted by Gasteiger charge is -2.13. The van der Waals surface area contributed by atoms with E-state index in [1.54, 1.807) is 0 Å². The lowest BCUT2D eigenvalue weighted by Crippen LogP contribution is -1.90. The molecule has 0 aliphatic heterocycles. The smallest absolute Gasteiger partial charge is 0.136 e. The Morgan fingerprint density at radius 1 is 0.348 bits per heavy atom. The van der Waals surface area contributed by atoms with Gasteiger partial charge in [0, 0.05) is 21.5 Å². The number of hydrogen-bond donors (Lipinski definition) is 0. The van der Waals surface area contributed by atoms with E-state index in [1.165, 1.54) is 0 Å².